The molecule has 10 nitrogen and oxygen atoms in total. The number of likely N-dealkylation sites (tertiary alicyclic amines) is 2. The smallest absolute Gasteiger partial charge is 0.410 e. The van der Waals surface area contributed by atoms with Gasteiger partial charge < -0.3 is 24.6 Å². The Morgan fingerprint density at radius 1 is 0.843 bits per heavy atom. The normalized spacial score (nSPS) is 16.7. The first kappa shape index (κ1) is 35.6. The van der Waals surface area contributed by atoms with Crippen molar-refractivity contribution in [3.63, 3.8) is 0 Å². The molecule has 1 unspecified atom stereocenters. The van der Waals surface area contributed by atoms with E-state index in [9.17, 15) is 14.4 Å². The Kier molecular flexibility index (Phi) is 11.0. The fourth-order valence-electron chi connectivity index (χ4n) is 6.62. The first-order valence-corrected chi connectivity index (χ1v) is 17.8. The summed E-state index contributed by atoms with van der Waals surface area (Å²) < 4.78 is 12.0. The summed E-state index contributed by atoms with van der Waals surface area (Å²) in [4.78, 5) is 51.6. The molecule has 2 amide bonds. The Morgan fingerprint density at radius 2 is 1.55 bits per heavy atom. The minimum Gasteiger partial charge on any atom is -0.488 e. The first-order chi connectivity index (χ1) is 24.5. The number of hydrogen-bond acceptors (Lipinski definition) is 8. The van der Waals surface area contributed by atoms with Crippen LogP contribution in [0, 0.1) is 5.92 Å². The molecule has 4 aromatic rings. The molecular weight excluding hydrogens is 642 g/mol. The summed E-state index contributed by atoms with van der Waals surface area (Å²) in [6, 6.07) is 27.2. The molecule has 51 heavy (non-hydrogen) atoms. The second-order valence-corrected chi connectivity index (χ2v) is 14.4. The van der Waals surface area contributed by atoms with Crippen molar-refractivity contribution >= 4 is 29.4 Å². The summed E-state index contributed by atoms with van der Waals surface area (Å²) in [7, 11) is 0. The molecule has 3 heterocycles. The van der Waals surface area contributed by atoms with Crippen LogP contribution in [0.4, 0.5) is 16.4 Å². The summed E-state index contributed by atoms with van der Waals surface area (Å²) in [5.74, 6) is 1.27. The number of carbonyl (C=O) groups is 3. The number of nitrogens with zero attached hydrogens (tertiary/aromatic N) is 4. The minimum absolute atomic E-state index is 0.0295. The molecule has 10 heteroatoms. The SMILES string of the molecule is CC(=O)C1CCN(C(=O)c2ccc(Nc3nc(-c4ccccc4OCc4ccccc4)cc(C4CCCN(C(=O)OC(C)(C)C)C4)n3)cc2)CC1. The second kappa shape index (κ2) is 15.7. The summed E-state index contributed by atoms with van der Waals surface area (Å²) in [6.45, 7) is 9.93. The van der Waals surface area contributed by atoms with Gasteiger partial charge in [0.05, 0.1) is 11.4 Å². The molecule has 1 atom stereocenters. The van der Waals surface area contributed by atoms with Crippen LogP contribution in [0.15, 0.2) is 84.9 Å². The number of para-hydroxylation sites is 1. The summed E-state index contributed by atoms with van der Waals surface area (Å²) >= 11 is 0. The van der Waals surface area contributed by atoms with E-state index in [2.05, 4.69) is 5.32 Å². The molecule has 266 valence electrons. The number of rotatable bonds is 9. The number of ether oxygens (including phenoxy) is 2. The Balaban J connectivity index is 1.26. The highest BCUT2D eigenvalue weighted by atomic mass is 16.6. The van der Waals surface area contributed by atoms with Gasteiger partial charge in [0.2, 0.25) is 5.95 Å². The largest absolute Gasteiger partial charge is 0.488 e. The lowest BCUT2D eigenvalue weighted by atomic mass is 9.93. The van der Waals surface area contributed by atoms with Crippen LogP contribution in [-0.4, -0.2) is 69.3 Å². The Hall–Kier alpha value is -5.25. The fourth-order valence-corrected chi connectivity index (χ4v) is 6.62. The number of hydrogen-bond donors (Lipinski definition) is 1. The van der Waals surface area contributed by atoms with Crippen LogP contribution in [0.2, 0.25) is 0 Å². The molecule has 1 N–H and O–H groups in total. The summed E-state index contributed by atoms with van der Waals surface area (Å²) in [6.07, 6.45) is 2.77. The van der Waals surface area contributed by atoms with E-state index >= 15 is 0 Å². The number of benzene rings is 3. The van der Waals surface area contributed by atoms with Crippen molar-refractivity contribution in [3.8, 4) is 17.0 Å². The van der Waals surface area contributed by atoms with Crippen molar-refractivity contribution in [2.24, 2.45) is 5.92 Å². The third-order valence-electron chi connectivity index (χ3n) is 9.38. The third-order valence-corrected chi connectivity index (χ3v) is 9.38. The van der Waals surface area contributed by atoms with Gasteiger partial charge in [-0.25, -0.2) is 14.8 Å². The van der Waals surface area contributed by atoms with E-state index in [1.165, 1.54) is 0 Å². The van der Waals surface area contributed by atoms with Gasteiger partial charge in [-0.2, -0.15) is 0 Å². The summed E-state index contributed by atoms with van der Waals surface area (Å²) in [5, 5.41) is 3.37. The monoisotopic (exact) mass is 689 g/mol. The van der Waals surface area contributed by atoms with Crippen molar-refractivity contribution < 1.29 is 23.9 Å². The van der Waals surface area contributed by atoms with E-state index in [1.54, 1.807) is 24.0 Å². The lowest BCUT2D eigenvalue weighted by molar-refractivity contribution is -0.121. The number of nitrogens with one attached hydrogen (secondary N) is 1. The summed E-state index contributed by atoms with van der Waals surface area (Å²) in [5.41, 5.74) is 4.14. The molecular formula is C41H47N5O5. The molecule has 6 rings (SSSR count). The molecule has 2 saturated heterocycles. The van der Waals surface area contributed by atoms with Crippen LogP contribution >= 0.6 is 0 Å². The molecule has 0 radical (unpaired) electrons. The van der Waals surface area contributed by atoms with E-state index < -0.39 is 5.60 Å². The van der Waals surface area contributed by atoms with Gasteiger partial charge >= 0.3 is 6.09 Å². The lowest BCUT2D eigenvalue weighted by Crippen LogP contribution is -2.42. The average Bonchev–Trinajstić information content (AvgIpc) is 3.14. The molecule has 2 fully saturated rings. The van der Waals surface area contributed by atoms with Gasteiger partial charge in [0.25, 0.3) is 5.91 Å². The number of aromatic nitrogens is 2. The highest BCUT2D eigenvalue weighted by Gasteiger charge is 2.30. The quantitative estimate of drug-likeness (QED) is 0.188. The van der Waals surface area contributed by atoms with Crippen LogP contribution in [0.25, 0.3) is 11.3 Å². The van der Waals surface area contributed by atoms with Crippen LogP contribution in [0.1, 0.15) is 80.9 Å². The fraction of sp³-hybridized carbons (Fsp3) is 0.390. The van der Waals surface area contributed by atoms with Gasteiger partial charge in [-0.15, -0.1) is 0 Å². The van der Waals surface area contributed by atoms with Gasteiger partial charge in [0.1, 0.15) is 23.7 Å². The Morgan fingerprint density at radius 3 is 2.25 bits per heavy atom. The van der Waals surface area contributed by atoms with Crippen molar-refractivity contribution in [1.29, 1.82) is 0 Å². The molecule has 3 aromatic carbocycles. The highest BCUT2D eigenvalue weighted by Crippen LogP contribution is 2.34. The van der Waals surface area contributed by atoms with Gasteiger partial charge in [0, 0.05) is 54.8 Å². The van der Waals surface area contributed by atoms with Crippen LogP contribution in [0.3, 0.4) is 0 Å². The van der Waals surface area contributed by atoms with Gasteiger partial charge in [-0.1, -0.05) is 42.5 Å². The Labute approximate surface area is 300 Å². The van der Waals surface area contributed by atoms with E-state index in [0.29, 0.717) is 68.6 Å². The van der Waals surface area contributed by atoms with Crippen molar-refractivity contribution in [3.05, 3.63) is 102 Å². The van der Waals surface area contributed by atoms with E-state index in [1.807, 2.05) is 98.5 Å². The number of ketones is 1. The van der Waals surface area contributed by atoms with Crippen LogP contribution < -0.4 is 10.1 Å². The number of carbonyl (C=O) groups excluding carboxylic acids is 3. The van der Waals surface area contributed by atoms with Crippen molar-refractivity contribution in [2.75, 3.05) is 31.5 Å². The topological polar surface area (TPSA) is 114 Å². The zero-order valence-electron chi connectivity index (χ0n) is 29.9. The molecule has 1 aromatic heterocycles. The number of anilines is 2. The van der Waals surface area contributed by atoms with Gasteiger partial charge in [-0.3, -0.25) is 9.59 Å². The number of Topliss-reactive ketones (excluding diaryl/α,β-unsaturated/α-hetero) is 1. The maximum atomic E-state index is 13.2. The zero-order chi connectivity index (χ0) is 36.0. The Bertz CT molecular complexity index is 1830. The maximum Gasteiger partial charge on any atom is 0.410 e. The van der Waals surface area contributed by atoms with E-state index in [0.717, 1.165) is 35.3 Å². The molecule has 0 bridgehead atoms. The molecule has 0 saturated carbocycles. The standard InChI is InChI=1S/C41H47N5O5/c1-28(47)30-20-23-45(24-21-30)38(48)31-16-18-33(19-17-31)42-39-43-35(32-13-10-22-46(26-32)40(49)51-41(2,3)4)25-36(44-39)34-14-8-9-15-37(34)50-27-29-11-6-5-7-12-29/h5-9,11-12,14-19,25,30,32H,10,13,20-24,26-27H2,1-4H3,(H,42,43,44). The predicted molar refractivity (Wildman–Crippen MR) is 197 cm³/mol. The van der Waals surface area contributed by atoms with E-state index in [4.69, 9.17) is 19.4 Å². The van der Waals surface area contributed by atoms with Gasteiger partial charge in [0.15, 0.2) is 0 Å². The predicted octanol–water partition coefficient (Wildman–Crippen LogP) is 8.02. The zero-order valence-corrected chi connectivity index (χ0v) is 29.9. The molecule has 2 aliphatic heterocycles. The van der Waals surface area contributed by atoms with E-state index in [-0.39, 0.29) is 29.6 Å². The maximum absolute atomic E-state index is 13.2. The number of piperidine rings is 2. The minimum atomic E-state index is -0.584. The first-order valence-electron chi connectivity index (χ1n) is 17.8. The van der Waals surface area contributed by atoms with Crippen LogP contribution in [0.5, 0.6) is 5.75 Å². The second-order valence-electron chi connectivity index (χ2n) is 14.4. The molecule has 2 aliphatic rings. The van der Waals surface area contributed by atoms with Crippen LogP contribution in [-0.2, 0) is 16.1 Å². The molecule has 0 aliphatic carbocycles. The lowest BCUT2D eigenvalue weighted by Gasteiger charge is -2.34. The average molecular weight is 690 g/mol. The highest BCUT2D eigenvalue weighted by molar-refractivity contribution is 5.95. The van der Waals surface area contributed by atoms with Crippen molar-refractivity contribution in [1.82, 2.24) is 19.8 Å². The molecule has 0 spiro atoms. The number of amides is 2. The third kappa shape index (κ3) is 9.31. The van der Waals surface area contributed by atoms with Gasteiger partial charge in [-0.05, 0) is 101 Å². The van der Waals surface area contributed by atoms with Crippen molar-refractivity contribution in [2.45, 2.75) is 71.5 Å².